The Bertz CT molecular complexity index is 1340. The second-order valence-electron chi connectivity index (χ2n) is 9.14. The average molecular weight is 563 g/mol. The highest BCUT2D eigenvalue weighted by atomic mass is 79.9. The molecule has 1 heterocycles. The number of anilines is 1. The molecule has 5 rings (SSSR count). The number of ether oxygens (including phenoxy) is 4. The standard InChI is InChI=1S/C30H31BrN2O4/c1-34-23-12-14-27(36-3)20(17-23)16-19-6-5-7-25-29(19)32-33(22-10-8-21(31)9-11-22)30(25)26-18-24(35-2)13-15-28(26)37-4/h8-18,25,30H,5-7H2,1-4H3/b19-16+. The first kappa shape index (κ1) is 25.2. The maximum absolute atomic E-state index is 5.83. The number of rotatable bonds is 7. The van der Waals surface area contributed by atoms with E-state index in [2.05, 4.69) is 57.3 Å². The summed E-state index contributed by atoms with van der Waals surface area (Å²) in [5, 5.41) is 7.42. The molecule has 0 saturated heterocycles. The van der Waals surface area contributed by atoms with E-state index in [9.17, 15) is 0 Å². The second-order valence-corrected chi connectivity index (χ2v) is 10.1. The number of methoxy groups -OCH3 is 4. The van der Waals surface area contributed by atoms with Gasteiger partial charge in [-0.25, -0.2) is 0 Å². The molecular weight excluding hydrogens is 532 g/mol. The van der Waals surface area contributed by atoms with Crippen molar-refractivity contribution < 1.29 is 18.9 Å². The van der Waals surface area contributed by atoms with Crippen LogP contribution in [0.3, 0.4) is 0 Å². The van der Waals surface area contributed by atoms with Crippen molar-refractivity contribution in [1.82, 2.24) is 0 Å². The molecule has 0 bridgehead atoms. The van der Waals surface area contributed by atoms with Gasteiger partial charge in [-0.15, -0.1) is 0 Å². The van der Waals surface area contributed by atoms with E-state index in [0.29, 0.717) is 0 Å². The highest BCUT2D eigenvalue weighted by Gasteiger charge is 2.43. The molecule has 0 radical (unpaired) electrons. The van der Waals surface area contributed by atoms with Crippen LogP contribution >= 0.6 is 15.9 Å². The van der Waals surface area contributed by atoms with E-state index < -0.39 is 0 Å². The molecule has 2 aliphatic rings. The molecule has 37 heavy (non-hydrogen) atoms. The number of fused-ring (bicyclic) bond motifs is 1. The largest absolute Gasteiger partial charge is 0.497 e. The molecule has 0 amide bonds. The highest BCUT2D eigenvalue weighted by Crippen LogP contribution is 2.49. The van der Waals surface area contributed by atoms with Crippen LogP contribution in [0.4, 0.5) is 5.69 Å². The van der Waals surface area contributed by atoms with Gasteiger partial charge in [-0.05, 0) is 91.6 Å². The number of nitrogens with zero attached hydrogens (tertiary/aromatic N) is 2. The summed E-state index contributed by atoms with van der Waals surface area (Å²) >= 11 is 3.57. The topological polar surface area (TPSA) is 52.5 Å². The van der Waals surface area contributed by atoms with Crippen LogP contribution in [0.1, 0.15) is 36.4 Å². The van der Waals surface area contributed by atoms with Crippen LogP contribution in [-0.4, -0.2) is 34.2 Å². The third kappa shape index (κ3) is 4.92. The van der Waals surface area contributed by atoms with E-state index in [4.69, 9.17) is 24.0 Å². The summed E-state index contributed by atoms with van der Waals surface area (Å²) in [5.74, 6) is 3.43. The SMILES string of the molecule is COc1ccc(OC)c(/C=C2\CCCC3C2=NN(c2ccc(Br)cc2)C3c2cc(OC)ccc2OC)c1. The normalized spacial score (nSPS) is 19.9. The van der Waals surface area contributed by atoms with Gasteiger partial charge in [-0.3, -0.25) is 5.01 Å². The van der Waals surface area contributed by atoms with Gasteiger partial charge in [0.1, 0.15) is 23.0 Å². The van der Waals surface area contributed by atoms with E-state index in [1.165, 1.54) is 5.57 Å². The smallest absolute Gasteiger partial charge is 0.126 e. The number of hydrogen-bond donors (Lipinski definition) is 0. The predicted molar refractivity (Wildman–Crippen MR) is 151 cm³/mol. The maximum Gasteiger partial charge on any atom is 0.126 e. The Morgan fingerprint density at radius 3 is 2.19 bits per heavy atom. The number of allylic oxidation sites excluding steroid dienone is 1. The van der Waals surface area contributed by atoms with Gasteiger partial charge in [-0.2, -0.15) is 5.10 Å². The number of hydrogen-bond acceptors (Lipinski definition) is 6. The molecule has 3 aromatic carbocycles. The Labute approximate surface area is 226 Å². The van der Waals surface area contributed by atoms with E-state index in [0.717, 1.165) is 69.3 Å². The lowest BCUT2D eigenvalue weighted by Gasteiger charge is -2.31. The zero-order chi connectivity index (χ0) is 25.9. The molecular formula is C30H31BrN2O4. The quantitative estimate of drug-likeness (QED) is 0.302. The summed E-state index contributed by atoms with van der Waals surface area (Å²) in [5.41, 5.74) is 5.40. The summed E-state index contributed by atoms with van der Waals surface area (Å²) in [6.07, 6.45) is 5.26. The molecule has 3 aromatic rings. The predicted octanol–water partition coefficient (Wildman–Crippen LogP) is 7.28. The van der Waals surface area contributed by atoms with Crippen LogP contribution in [0, 0.1) is 5.92 Å². The first-order valence-electron chi connectivity index (χ1n) is 12.3. The van der Waals surface area contributed by atoms with Crippen molar-refractivity contribution in [2.75, 3.05) is 33.4 Å². The van der Waals surface area contributed by atoms with E-state index in [-0.39, 0.29) is 12.0 Å². The molecule has 0 aromatic heterocycles. The Kier molecular flexibility index (Phi) is 7.42. The van der Waals surface area contributed by atoms with Gasteiger partial charge >= 0.3 is 0 Å². The maximum atomic E-state index is 5.83. The Morgan fingerprint density at radius 1 is 0.838 bits per heavy atom. The lowest BCUT2D eigenvalue weighted by Crippen LogP contribution is -2.28. The molecule has 6 nitrogen and oxygen atoms in total. The van der Waals surface area contributed by atoms with Gasteiger partial charge in [0.05, 0.1) is 45.9 Å². The number of benzene rings is 3. The van der Waals surface area contributed by atoms with Crippen LogP contribution in [0.5, 0.6) is 23.0 Å². The molecule has 0 spiro atoms. The van der Waals surface area contributed by atoms with Gasteiger partial charge in [0.15, 0.2) is 0 Å². The summed E-state index contributed by atoms with van der Waals surface area (Å²) in [6, 6.07) is 20.1. The molecule has 1 fully saturated rings. The van der Waals surface area contributed by atoms with Crippen molar-refractivity contribution in [3.8, 4) is 23.0 Å². The molecule has 1 aliphatic carbocycles. The molecule has 1 saturated carbocycles. The summed E-state index contributed by atoms with van der Waals surface area (Å²) in [6.45, 7) is 0. The lowest BCUT2D eigenvalue weighted by molar-refractivity contribution is 0.386. The molecule has 2 atom stereocenters. The first-order valence-corrected chi connectivity index (χ1v) is 13.1. The molecule has 192 valence electrons. The first-order chi connectivity index (χ1) is 18.1. The van der Waals surface area contributed by atoms with Crippen molar-refractivity contribution in [3.05, 3.63) is 81.8 Å². The monoisotopic (exact) mass is 562 g/mol. The third-order valence-corrected chi connectivity index (χ3v) is 7.64. The fourth-order valence-electron chi connectivity index (χ4n) is 5.33. The van der Waals surface area contributed by atoms with Crippen LogP contribution in [0.25, 0.3) is 6.08 Å². The minimum atomic E-state index is -0.0304. The molecule has 1 aliphatic heterocycles. The van der Waals surface area contributed by atoms with Crippen molar-refractivity contribution in [2.24, 2.45) is 11.0 Å². The van der Waals surface area contributed by atoms with Crippen LogP contribution < -0.4 is 24.0 Å². The Balaban J connectivity index is 1.65. The third-order valence-electron chi connectivity index (χ3n) is 7.11. The summed E-state index contributed by atoms with van der Waals surface area (Å²) < 4.78 is 23.6. The molecule has 2 unspecified atom stereocenters. The van der Waals surface area contributed by atoms with Crippen LogP contribution in [-0.2, 0) is 0 Å². The van der Waals surface area contributed by atoms with Gasteiger partial charge in [0, 0.05) is 21.5 Å². The number of hydrazone groups is 1. The van der Waals surface area contributed by atoms with Gasteiger partial charge in [0.2, 0.25) is 0 Å². The van der Waals surface area contributed by atoms with Crippen molar-refractivity contribution >= 4 is 33.4 Å². The Hall–Kier alpha value is -3.45. The van der Waals surface area contributed by atoms with E-state index >= 15 is 0 Å². The van der Waals surface area contributed by atoms with Gasteiger partial charge in [-0.1, -0.05) is 15.9 Å². The van der Waals surface area contributed by atoms with Crippen molar-refractivity contribution in [3.63, 3.8) is 0 Å². The van der Waals surface area contributed by atoms with Gasteiger partial charge < -0.3 is 18.9 Å². The highest BCUT2D eigenvalue weighted by molar-refractivity contribution is 9.10. The number of halogens is 1. The van der Waals surface area contributed by atoms with Gasteiger partial charge in [0.25, 0.3) is 0 Å². The summed E-state index contributed by atoms with van der Waals surface area (Å²) in [4.78, 5) is 0. The van der Waals surface area contributed by atoms with Crippen molar-refractivity contribution in [2.45, 2.75) is 25.3 Å². The lowest BCUT2D eigenvalue weighted by atomic mass is 9.77. The average Bonchev–Trinajstić information content (AvgIpc) is 3.33. The second kappa shape index (κ2) is 10.9. The molecule has 7 heteroatoms. The van der Waals surface area contributed by atoms with Crippen LogP contribution in [0.15, 0.2) is 75.8 Å². The fraction of sp³-hybridized carbons (Fsp3) is 0.300. The molecule has 0 N–H and O–H groups in total. The fourth-order valence-corrected chi connectivity index (χ4v) is 5.59. The van der Waals surface area contributed by atoms with E-state index in [1.54, 1.807) is 28.4 Å². The minimum Gasteiger partial charge on any atom is -0.497 e. The van der Waals surface area contributed by atoms with Crippen molar-refractivity contribution in [1.29, 1.82) is 0 Å². The zero-order valence-electron chi connectivity index (χ0n) is 21.5. The Morgan fingerprint density at radius 2 is 1.51 bits per heavy atom. The minimum absolute atomic E-state index is 0.0304. The van der Waals surface area contributed by atoms with Crippen LogP contribution in [0.2, 0.25) is 0 Å². The summed E-state index contributed by atoms with van der Waals surface area (Å²) in [7, 11) is 6.78. The zero-order valence-corrected chi connectivity index (χ0v) is 23.1. The van der Waals surface area contributed by atoms with E-state index in [1.807, 2.05) is 30.3 Å².